The zero-order chi connectivity index (χ0) is 18.6. The molecule has 27 heavy (non-hydrogen) atoms. The van der Waals surface area contributed by atoms with Crippen molar-refractivity contribution < 1.29 is 14.1 Å². The SMILES string of the molecule is COCC[NH+](Cc1cc(=O)n2ccsc2n1)Cc1nnc(-c2cccs2)o1. The maximum Gasteiger partial charge on any atom is 0.271 e. The number of rotatable bonds is 8. The lowest BCUT2D eigenvalue weighted by Gasteiger charge is -2.16. The number of aromatic nitrogens is 4. The van der Waals surface area contributed by atoms with Crippen molar-refractivity contribution in [3.63, 3.8) is 0 Å². The van der Waals surface area contributed by atoms with Crippen molar-refractivity contribution in [1.82, 2.24) is 19.6 Å². The van der Waals surface area contributed by atoms with Crippen LogP contribution in [0.2, 0.25) is 0 Å². The molecule has 1 unspecified atom stereocenters. The number of nitrogens with one attached hydrogen (secondary N) is 1. The molecule has 1 N–H and O–H groups in total. The number of ether oxygens (including phenoxy) is 1. The van der Waals surface area contributed by atoms with E-state index in [1.165, 1.54) is 11.3 Å². The predicted molar refractivity (Wildman–Crippen MR) is 102 cm³/mol. The van der Waals surface area contributed by atoms with Crippen molar-refractivity contribution in [2.24, 2.45) is 0 Å². The lowest BCUT2D eigenvalue weighted by molar-refractivity contribution is -0.929. The molecule has 0 aliphatic heterocycles. The van der Waals surface area contributed by atoms with Gasteiger partial charge in [0, 0.05) is 24.8 Å². The van der Waals surface area contributed by atoms with Crippen LogP contribution in [-0.4, -0.2) is 39.8 Å². The maximum absolute atomic E-state index is 12.2. The number of quaternary nitrogens is 1. The fourth-order valence-electron chi connectivity index (χ4n) is 2.76. The molecule has 4 aromatic heterocycles. The molecule has 8 nitrogen and oxygen atoms in total. The minimum Gasteiger partial charge on any atom is -0.414 e. The van der Waals surface area contributed by atoms with Gasteiger partial charge < -0.3 is 14.1 Å². The minimum absolute atomic E-state index is 0.0693. The molecule has 0 fully saturated rings. The van der Waals surface area contributed by atoms with Crippen LogP contribution in [0.1, 0.15) is 11.6 Å². The van der Waals surface area contributed by atoms with Crippen molar-refractivity contribution in [3.8, 4) is 10.8 Å². The largest absolute Gasteiger partial charge is 0.414 e. The summed E-state index contributed by atoms with van der Waals surface area (Å²) >= 11 is 3.00. The zero-order valence-electron chi connectivity index (χ0n) is 14.6. The third-order valence-corrected chi connectivity index (χ3v) is 5.66. The molecule has 0 saturated carbocycles. The summed E-state index contributed by atoms with van der Waals surface area (Å²) in [6, 6.07) is 5.48. The molecule has 0 amide bonds. The van der Waals surface area contributed by atoms with Gasteiger partial charge in [-0.2, -0.15) is 0 Å². The van der Waals surface area contributed by atoms with Crippen molar-refractivity contribution in [3.05, 3.63) is 57.1 Å². The van der Waals surface area contributed by atoms with E-state index < -0.39 is 0 Å². The Labute approximate surface area is 162 Å². The predicted octanol–water partition coefficient (Wildman–Crippen LogP) is 1.10. The molecule has 4 heterocycles. The third-order valence-electron chi connectivity index (χ3n) is 4.05. The Balaban J connectivity index is 1.52. The molecule has 0 saturated heterocycles. The first-order valence-electron chi connectivity index (χ1n) is 8.37. The van der Waals surface area contributed by atoms with E-state index in [0.29, 0.717) is 36.4 Å². The summed E-state index contributed by atoms with van der Waals surface area (Å²) in [5.41, 5.74) is 0.673. The van der Waals surface area contributed by atoms with Crippen LogP contribution in [0, 0.1) is 0 Å². The molecule has 4 rings (SSSR count). The van der Waals surface area contributed by atoms with Crippen LogP contribution >= 0.6 is 22.7 Å². The van der Waals surface area contributed by atoms with Gasteiger partial charge in [-0.3, -0.25) is 9.20 Å². The molecule has 0 aliphatic carbocycles. The van der Waals surface area contributed by atoms with Crippen molar-refractivity contribution >= 4 is 27.6 Å². The average molecular weight is 404 g/mol. The van der Waals surface area contributed by atoms with Crippen molar-refractivity contribution in [1.29, 1.82) is 0 Å². The van der Waals surface area contributed by atoms with Gasteiger partial charge in [-0.15, -0.1) is 32.9 Å². The van der Waals surface area contributed by atoms with Gasteiger partial charge in [0.05, 0.1) is 11.5 Å². The van der Waals surface area contributed by atoms with Gasteiger partial charge in [-0.05, 0) is 11.4 Å². The van der Waals surface area contributed by atoms with Gasteiger partial charge in [0.2, 0.25) is 0 Å². The minimum atomic E-state index is -0.0693. The van der Waals surface area contributed by atoms with E-state index in [2.05, 4.69) is 15.2 Å². The summed E-state index contributed by atoms with van der Waals surface area (Å²) in [4.78, 5) is 19.6. The van der Waals surface area contributed by atoms with Crippen LogP contribution in [-0.2, 0) is 17.8 Å². The fourth-order valence-corrected chi connectivity index (χ4v) is 4.14. The number of thiophene rings is 1. The standard InChI is InChI=1S/C17H17N5O3S2/c1-24-6-4-21(10-12-9-15(23)22-5-8-27-17(22)18-12)11-14-19-20-16(25-14)13-3-2-7-26-13/h2-3,5,7-9H,4,6,10-11H2,1H3/p+1. The summed E-state index contributed by atoms with van der Waals surface area (Å²) in [6.07, 6.45) is 1.74. The van der Waals surface area contributed by atoms with Crippen LogP contribution in [0.5, 0.6) is 0 Å². The molecule has 0 bridgehead atoms. The molecule has 1 atom stereocenters. The topological polar surface area (TPSA) is 87.0 Å². The highest BCUT2D eigenvalue weighted by Crippen LogP contribution is 2.22. The first-order valence-corrected chi connectivity index (χ1v) is 10.1. The second-order valence-electron chi connectivity index (χ2n) is 5.97. The fraction of sp³-hybridized carbons (Fsp3) is 0.294. The average Bonchev–Trinajstić information content (AvgIpc) is 3.40. The van der Waals surface area contributed by atoms with Crippen molar-refractivity contribution in [2.75, 3.05) is 20.3 Å². The highest BCUT2D eigenvalue weighted by atomic mass is 32.1. The molecular formula is C17H18N5O3S2+. The van der Waals surface area contributed by atoms with E-state index in [4.69, 9.17) is 9.15 Å². The van der Waals surface area contributed by atoms with Crippen molar-refractivity contribution in [2.45, 2.75) is 13.1 Å². The lowest BCUT2D eigenvalue weighted by atomic mass is 10.3. The number of hydrogen-bond donors (Lipinski definition) is 1. The van der Waals surface area contributed by atoms with E-state index >= 15 is 0 Å². The Morgan fingerprint density at radius 3 is 3.00 bits per heavy atom. The van der Waals surface area contributed by atoms with E-state index in [1.807, 2.05) is 22.9 Å². The van der Waals surface area contributed by atoms with Gasteiger partial charge in [0.1, 0.15) is 18.8 Å². The molecule has 140 valence electrons. The summed E-state index contributed by atoms with van der Waals surface area (Å²) in [5, 5.41) is 12.1. The monoisotopic (exact) mass is 404 g/mol. The smallest absolute Gasteiger partial charge is 0.271 e. The molecule has 0 aliphatic rings. The first-order chi connectivity index (χ1) is 13.2. The van der Waals surface area contributed by atoms with E-state index in [-0.39, 0.29) is 5.56 Å². The summed E-state index contributed by atoms with van der Waals surface area (Å²) < 4.78 is 12.6. The highest BCUT2D eigenvalue weighted by molar-refractivity contribution is 7.15. The second kappa shape index (κ2) is 8.09. The number of nitrogens with zero attached hydrogens (tertiary/aromatic N) is 4. The zero-order valence-corrected chi connectivity index (χ0v) is 16.3. The molecule has 4 aromatic rings. The summed E-state index contributed by atoms with van der Waals surface area (Å²) in [6.45, 7) is 2.43. The number of methoxy groups -OCH3 is 1. The molecule has 0 spiro atoms. The molecular weight excluding hydrogens is 386 g/mol. The van der Waals surface area contributed by atoms with E-state index in [1.54, 1.807) is 35.1 Å². The Kier molecular flexibility index (Phi) is 5.39. The Hall–Kier alpha value is -2.40. The van der Waals surface area contributed by atoms with Crippen LogP contribution in [0.4, 0.5) is 0 Å². The number of fused-ring (bicyclic) bond motifs is 1. The van der Waals surface area contributed by atoms with E-state index in [9.17, 15) is 4.79 Å². The lowest BCUT2D eigenvalue weighted by Crippen LogP contribution is -3.10. The van der Waals surface area contributed by atoms with Gasteiger partial charge in [0.15, 0.2) is 11.5 Å². The molecule has 0 radical (unpaired) electrons. The van der Waals surface area contributed by atoms with Gasteiger partial charge in [-0.1, -0.05) is 6.07 Å². The Morgan fingerprint density at radius 2 is 2.19 bits per heavy atom. The van der Waals surface area contributed by atoms with Crippen LogP contribution in [0.25, 0.3) is 15.7 Å². The Bertz CT molecular complexity index is 1070. The number of hydrogen-bond acceptors (Lipinski definition) is 8. The van der Waals surface area contributed by atoms with E-state index in [0.717, 1.165) is 22.0 Å². The maximum atomic E-state index is 12.2. The van der Waals surface area contributed by atoms with Crippen LogP contribution < -0.4 is 10.5 Å². The van der Waals surface area contributed by atoms with Gasteiger partial charge in [-0.25, -0.2) is 4.98 Å². The second-order valence-corrected chi connectivity index (χ2v) is 7.79. The van der Waals surface area contributed by atoms with Gasteiger partial charge in [0.25, 0.3) is 17.3 Å². The Morgan fingerprint density at radius 1 is 1.26 bits per heavy atom. The third kappa shape index (κ3) is 4.14. The first kappa shape index (κ1) is 18.0. The highest BCUT2D eigenvalue weighted by Gasteiger charge is 2.18. The summed E-state index contributed by atoms with van der Waals surface area (Å²) in [7, 11) is 1.67. The normalized spacial score (nSPS) is 12.6. The van der Waals surface area contributed by atoms with Crippen LogP contribution in [0.15, 0.2) is 44.4 Å². The molecule has 10 heteroatoms. The van der Waals surface area contributed by atoms with Gasteiger partial charge >= 0.3 is 0 Å². The quantitative estimate of drug-likeness (QED) is 0.473. The molecule has 0 aromatic carbocycles. The van der Waals surface area contributed by atoms with Crippen LogP contribution in [0.3, 0.4) is 0 Å². The summed E-state index contributed by atoms with van der Waals surface area (Å²) in [5.74, 6) is 1.08. The number of thiazole rings is 1.